The van der Waals surface area contributed by atoms with Crippen LogP contribution in [-0.4, -0.2) is 61.7 Å². The van der Waals surface area contributed by atoms with Gasteiger partial charge in [-0.25, -0.2) is 4.99 Å². The predicted molar refractivity (Wildman–Crippen MR) is 184 cm³/mol. The Morgan fingerprint density at radius 3 is 2.16 bits per heavy atom. The van der Waals surface area contributed by atoms with Gasteiger partial charge in [0.15, 0.2) is 34.5 Å². The smallest absolute Gasteiger partial charge is 0.191 e. The largest absolute Gasteiger partial charge is 0.505 e. The van der Waals surface area contributed by atoms with Gasteiger partial charge in [0.1, 0.15) is 17.4 Å². The first kappa shape index (κ1) is 33.8. The second-order valence-electron chi connectivity index (χ2n) is 17.9. The number of allylic oxidation sites excluding steroid dienone is 2. The molecule has 6 fully saturated rings. The maximum Gasteiger partial charge on any atom is 0.191 e. The molecule has 0 spiro atoms. The third-order valence-corrected chi connectivity index (χ3v) is 15.2. The molecule has 0 heterocycles. The fourth-order valence-corrected chi connectivity index (χ4v) is 13.2. The number of ketones is 5. The zero-order valence-corrected chi connectivity index (χ0v) is 29.8. The Kier molecular flexibility index (Phi) is 7.35. The van der Waals surface area contributed by atoms with Crippen LogP contribution in [-0.2, 0) is 19.2 Å². The van der Waals surface area contributed by atoms with Crippen molar-refractivity contribution in [3.63, 3.8) is 0 Å². The highest BCUT2D eigenvalue weighted by Crippen LogP contribution is 2.67. The van der Waals surface area contributed by atoms with Crippen molar-refractivity contribution in [2.45, 2.75) is 97.7 Å². The molecule has 4 bridgehead atoms. The molecule has 9 atom stereocenters. The number of phenolic OH excluding ortho intramolecular Hbond substituents is 1. The van der Waals surface area contributed by atoms with Crippen LogP contribution < -0.4 is 0 Å². The van der Waals surface area contributed by atoms with Gasteiger partial charge in [0.05, 0.1) is 17.6 Å². The standard InChI is InChI=1S/C41H49NO8/c1-17(2)31-34(45)28(19(4)43)36(47)41(50)37(48)32-35(46)30-26(18(3)39(32,5)38(49)40(31,41)6)9-10-27(33(30)44)42-25-8-7-22(16-25)29-23-12-20-11-21(14-23)15-24(29)13-20/h7-10,17-18,20-24,28-29,31-32,38,44,49-50H,11-16H2,1-6H3/t18-,20?,21?,22?,23?,24?,28?,29?,31?,32?,38-,39+,40+,41+/m1/s1. The fraction of sp³-hybridized carbons (Fsp3) is 0.659. The molecular formula is C41H49NO8. The highest BCUT2D eigenvalue weighted by atomic mass is 16.3. The van der Waals surface area contributed by atoms with Crippen LogP contribution in [0.2, 0.25) is 0 Å². The second-order valence-corrected chi connectivity index (χ2v) is 17.9. The number of aliphatic hydroxyl groups is 2. The summed E-state index contributed by atoms with van der Waals surface area (Å²) in [5.41, 5.74) is -5.25. The van der Waals surface area contributed by atoms with Crippen molar-refractivity contribution in [1.82, 2.24) is 0 Å². The zero-order chi connectivity index (χ0) is 36.0. The number of aliphatic hydroxyl groups excluding tert-OH is 1. The molecule has 6 saturated carbocycles. The molecule has 50 heavy (non-hydrogen) atoms. The van der Waals surface area contributed by atoms with Gasteiger partial charge in [0, 0.05) is 22.5 Å². The van der Waals surface area contributed by atoms with E-state index in [1.165, 1.54) is 39.0 Å². The number of nitrogens with zero attached hydrogens (tertiary/aromatic N) is 1. The molecule has 0 aliphatic heterocycles. The first-order chi connectivity index (χ1) is 23.5. The Morgan fingerprint density at radius 1 is 0.960 bits per heavy atom. The molecule has 1 aromatic carbocycles. The van der Waals surface area contributed by atoms with Crippen LogP contribution in [0.4, 0.5) is 5.69 Å². The van der Waals surface area contributed by atoms with Crippen LogP contribution in [0.5, 0.6) is 5.75 Å². The van der Waals surface area contributed by atoms with Crippen molar-refractivity contribution in [3.05, 3.63) is 35.4 Å². The van der Waals surface area contributed by atoms with Gasteiger partial charge in [-0.2, -0.15) is 0 Å². The molecule has 9 nitrogen and oxygen atoms in total. The lowest BCUT2D eigenvalue weighted by Crippen LogP contribution is -2.81. The van der Waals surface area contributed by atoms with E-state index in [-0.39, 0.29) is 17.0 Å². The number of phenols is 1. The number of Topliss-reactive ketones (excluding diaryl/α,β-unsaturated/α-hetero) is 5. The Balaban J connectivity index is 1.17. The topological polar surface area (TPSA) is 158 Å². The van der Waals surface area contributed by atoms with Gasteiger partial charge in [-0.3, -0.25) is 24.0 Å². The summed E-state index contributed by atoms with van der Waals surface area (Å²) in [5, 5.41) is 36.4. The van der Waals surface area contributed by atoms with Crippen molar-refractivity contribution in [2.24, 2.45) is 75.0 Å². The predicted octanol–water partition coefficient (Wildman–Crippen LogP) is 5.35. The number of carbonyl (C=O) groups excluding carboxylic acids is 5. The minimum atomic E-state index is -2.99. The molecule has 9 heteroatoms. The molecule has 0 radical (unpaired) electrons. The number of hydrogen-bond donors (Lipinski definition) is 3. The fourth-order valence-electron chi connectivity index (χ4n) is 13.2. The van der Waals surface area contributed by atoms with Crippen molar-refractivity contribution in [2.75, 3.05) is 0 Å². The summed E-state index contributed by atoms with van der Waals surface area (Å²) in [6, 6.07) is 3.37. The highest BCUT2D eigenvalue weighted by molar-refractivity contribution is 6.33. The molecule has 0 aromatic heterocycles. The Hall–Kier alpha value is -3.30. The summed E-state index contributed by atoms with van der Waals surface area (Å²) in [6.07, 6.45) is 10.1. The molecular weight excluding hydrogens is 634 g/mol. The van der Waals surface area contributed by atoms with E-state index in [1.54, 1.807) is 39.8 Å². The van der Waals surface area contributed by atoms with Crippen molar-refractivity contribution >= 4 is 40.3 Å². The second kappa shape index (κ2) is 10.9. The van der Waals surface area contributed by atoms with Gasteiger partial charge in [0.2, 0.25) is 0 Å². The SMILES string of the molecule is CC(=O)C1C(=O)C(C(C)C)[C@@]2(C)[C@H](O)[C@]3(C)C(C(=O)c4c(ccc(N=C5C=CC(C6C7CC8CC(C7)CC6C8)C5)c4O)[C@H]3C)C(=O)[C@@]2(O)C1=O. The Labute approximate surface area is 293 Å². The Morgan fingerprint density at radius 2 is 1.58 bits per heavy atom. The van der Waals surface area contributed by atoms with Gasteiger partial charge in [-0.15, -0.1) is 0 Å². The lowest BCUT2D eigenvalue weighted by molar-refractivity contribution is -0.240. The van der Waals surface area contributed by atoms with E-state index in [2.05, 4.69) is 6.08 Å². The highest BCUT2D eigenvalue weighted by Gasteiger charge is 2.80. The molecule has 0 amide bonds. The quantitative estimate of drug-likeness (QED) is 0.359. The summed E-state index contributed by atoms with van der Waals surface area (Å²) in [5.74, 6) is -6.94. The zero-order valence-electron chi connectivity index (χ0n) is 29.8. The number of aromatic hydroxyl groups is 1. The van der Waals surface area contributed by atoms with Crippen molar-refractivity contribution in [3.8, 4) is 5.75 Å². The number of rotatable bonds is 4. The van der Waals surface area contributed by atoms with Crippen LogP contribution in [0.3, 0.4) is 0 Å². The number of carbonyl (C=O) groups is 5. The summed E-state index contributed by atoms with van der Waals surface area (Å²) < 4.78 is 0. The van der Waals surface area contributed by atoms with E-state index < -0.39 is 81.0 Å². The summed E-state index contributed by atoms with van der Waals surface area (Å²) in [6.45, 7) is 9.13. The van der Waals surface area contributed by atoms with E-state index in [1.807, 2.05) is 6.08 Å². The van der Waals surface area contributed by atoms with E-state index in [4.69, 9.17) is 4.99 Å². The maximum absolute atomic E-state index is 14.7. The van der Waals surface area contributed by atoms with E-state index >= 15 is 0 Å². The number of aliphatic imine (C=N–C) groups is 1. The molecule has 0 saturated heterocycles. The third kappa shape index (κ3) is 4.02. The lowest BCUT2D eigenvalue weighted by atomic mass is 9.37. The maximum atomic E-state index is 14.7. The summed E-state index contributed by atoms with van der Waals surface area (Å²) >= 11 is 0. The van der Waals surface area contributed by atoms with Gasteiger partial charge in [-0.1, -0.05) is 46.8 Å². The number of hydrogen-bond acceptors (Lipinski definition) is 9. The van der Waals surface area contributed by atoms with E-state index in [0.29, 0.717) is 17.4 Å². The minimum absolute atomic E-state index is 0.114. The van der Waals surface area contributed by atoms with Gasteiger partial charge < -0.3 is 15.3 Å². The average molecular weight is 684 g/mol. The van der Waals surface area contributed by atoms with Crippen LogP contribution in [0.1, 0.15) is 102 Å². The molecule has 1 aromatic rings. The average Bonchev–Trinajstić information content (AvgIpc) is 3.49. The van der Waals surface area contributed by atoms with Crippen LogP contribution >= 0.6 is 0 Å². The first-order valence-corrected chi connectivity index (χ1v) is 18.7. The Bertz CT molecular complexity index is 1800. The third-order valence-electron chi connectivity index (χ3n) is 15.2. The summed E-state index contributed by atoms with van der Waals surface area (Å²) in [7, 11) is 0. The van der Waals surface area contributed by atoms with Gasteiger partial charge >= 0.3 is 0 Å². The van der Waals surface area contributed by atoms with Crippen molar-refractivity contribution in [1.29, 1.82) is 0 Å². The normalized spacial score (nSPS) is 46.8. The van der Waals surface area contributed by atoms with Gasteiger partial charge in [-0.05, 0) is 110 Å². The molecule has 266 valence electrons. The number of benzene rings is 1. The molecule has 8 aliphatic carbocycles. The van der Waals surface area contributed by atoms with E-state index in [0.717, 1.165) is 42.7 Å². The van der Waals surface area contributed by atoms with Crippen LogP contribution in [0.25, 0.3) is 0 Å². The number of fused-ring (bicyclic) bond motifs is 3. The first-order valence-electron chi connectivity index (χ1n) is 18.7. The molecule has 8 aliphatic rings. The molecule has 3 N–H and O–H groups in total. The molecule has 4 unspecified atom stereocenters. The monoisotopic (exact) mass is 683 g/mol. The van der Waals surface area contributed by atoms with Crippen molar-refractivity contribution < 1.29 is 39.3 Å². The van der Waals surface area contributed by atoms with Crippen LogP contribution in [0, 0.1) is 70.0 Å². The van der Waals surface area contributed by atoms with Gasteiger partial charge in [0.25, 0.3) is 0 Å². The summed E-state index contributed by atoms with van der Waals surface area (Å²) in [4.78, 5) is 74.6. The van der Waals surface area contributed by atoms with Crippen LogP contribution in [0.15, 0.2) is 29.3 Å². The van der Waals surface area contributed by atoms with E-state index in [9.17, 15) is 39.3 Å². The molecule has 9 rings (SSSR count). The lowest BCUT2D eigenvalue weighted by Gasteiger charge is -2.65. The minimum Gasteiger partial charge on any atom is -0.505 e.